The van der Waals surface area contributed by atoms with Gasteiger partial charge in [0.05, 0.1) is 0 Å². The van der Waals surface area contributed by atoms with Crippen molar-refractivity contribution in [1.82, 2.24) is 30.0 Å². The lowest BCUT2D eigenvalue weighted by Crippen LogP contribution is -2.31. The minimum Gasteiger partial charge on any atom is -0.351 e. The predicted molar refractivity (Wildman–Crippen MR) is 109 cm³/mol. The van der Waals surface area contributed by atoms with Crippen LogP contribution < -0.4 is 5.32 Å². The van der Waals surface area contributed by atoms with Gasteiger partial charge in [-0.25, -0.2) is 0 Å². The summed E-state index contributed by atoms with van der Waals surface area (Å²) in [6, 6.07) is 13.8. The molecular weight excluding hydrogens is 352 g/mol. The molecule has 146 valence electrons. The molecule has 0 fully saturated rings. The average molecular weight is 378 g/mol. The van der Waals surface area contributed by atoms with Gasteiger partial charge in [0.15, 0.2) is 5.82 Å². The molecule has 0 saturated heterocycles. The molecule has 3 aromatic rings. The van der Waals surface area contributed by atoms with Gasteiger partial charge in [-0.3, -0.25) is 9.78 Å². The Bertz CT molecular complexity index is 920. The maximum Gasteiger partial charge on any atom is 0.251 e. The van der Waals surface area contributed by atoms with Crippen LogP contribution in [0, 0.1) is 6.92 Å². The fourth-order valence-corrected chi connectivity index (χ4v) is 2.91. The van der Waals surface area contributed by atoms with Crippen LogP contribution in [-0.2, 0) is 13.0 Å². The molecule has 0 aliphatic rings. The number of amides is 1. The maximum atomic E-state index is 12.4. The van der Waals surface area contributed by atoms with Gasteiger partial charge in [-0.05, 0) is 45.1 Å². The number of carbonyl (C=O) groups is 1. The topological polar surface area (TPSA) is 75.9 Å². The molecule has 0 spiro atoms. The summed E-state index contributed by atoms with van der Waals surface area (Å²) in [5.74, 6) is 1.39. The summed E-state index contributed by atoms with van der Waals surface area (Å²) in [5.41, 5.74) is 2.47. The molecule has 7 heteroatoms. The van der Waals surface area contributed by atoms with Crippen LogP contribution in [0.25, 0.3) is 11.5 Å². The summed E-state index contributed by atoms with van der Waals surface area (Å²) in [5, 5.41) is 11.4. The highest BCUT2D eigenvalue weighted by molar-refractivity contribution is 5.94. The standard InChI is InChI=1S/C21H26N6O/c1-16-24-25-20(27(16)13-10-17-7-5-4-6-8-17)19-15-18(9-11-22-19)21(28)23-12-14-26(2)3/h4-9,11,15H,10,12-14H2,1-3H3,(H,23,28). The number of likely N-dealkylation sites (N-methyl/N-ethyl adjacent to an activating group) is 1. The first-order valence-electron chi connectivity index (χ1n) is 9.37. The highest BCUT2D eigenvalue weighted by Crippen LogP contribution is 2.18. The Hall–Kier alpha value is -3.06. The van der Waals surface area contributed by atoms with Crippen molar-refractivity contribution < 1.29 is 4.79 Å². The van der Waals surface area contributed by atoms with E-state index in [1.807, 2.05) is 48.7 Å². The van der Waals surface area contributed by atoms with Crippen molar-refractivity contribution in [1.29, 1.82) is 0 Å². The normalized spacial score (nSPS) is 11.0. The first kappa shape index (κ1) is 19.7. The van der Waals surface area contributed by atoms with E-state index in [-0.39, 0.29) is 5.91 Å². The predicted octanol–water partition coefficient (Wildman–Crippen LogP) is 2.18. The fourth-order valence-electron chi connectivity index (χ4n) is 2.91. The zero-order chi connectivity index (χ0) is 19.9. The number of hydrogen-bond acceptors (Lipinski definition) is 5. The largest absolute Gasteiger partial charge is 0.351 e. The molecule has 1 amide bonds. The van der Waals surface area contributed by atoms with Gasteiger partial charge in [0, 0.05) is 31.4 Å². The summed E-state index contributed by atoms with van der Waals surface area (Å²) in [6.45, 7) is 4.06. The molecule has 2 aromatic heterocycles. The molecule has 0 saturated carbocycles. The van der Waals surface area contributed by atoms with Crippen LogP contribution in [0.2, 0.25) is 0 Å². The lowest BCUT2D eigenvalue weighted by molar-refractivity contribution is 0.0951. The number of rotatable bonds is 8. The number of carbonyl (C=O) groups excluding carboxylic acids is 1. The summed E-state index contributed by atoms with van der Waals surface area (Å²) < 4.78 is 2.04. The Kier molecular flexibility index (Phi) is 6.49. The Morgan fingerprint density at radius 3 is 2.68 bits per heavy atom. The minimum absolute atomic E-state index is 0.113. The summed E-state index contributed by atoms with van der Waals surface area (Å²) in [7, 11) is 3.95. The van der Waals surface area contributed by atoms with E-state index in [9.17, 15) is 4.79 Å². The SMILES string of the molecule is Cc1nnc(-c2cc(C(=O)NCCN(C)C)ccn2)n1CCc1ccccc1. The maximum absolute atomic E-state index is 12.4. The third-order valence-electron chi connectivity index (χ3n) is 4.50. The number of aromatic nitrogens is 4. The van der Waals surface area contributed by atoms with E-state index in [0.717, 1.165) is 25.3 Å². The van der Waals surface area contributed by atoms with Crippen LogP contribution in [0.5, 0.6) is 0 Å². The molecule has 0 bridgehead atoms. The zero-order valence-electron chi connectivity index (χ0n) is 16.6. The quantitative estimate of drug-likeness (QED) is 0.650. The molecule has 1 aromatic carbocycles. The molecule has 2 heterocycles. The van der Waals surface area contributed by atoms with Gasteiger partial charge in [-0.15, -0.1) is 10.2 Å². The molecule has 0 aliphatic carbocycles. The lowest BCUT2D eigenvalue weighted by atomic mass is 10.1. The number of hydrogen-bond donors (Lipinski definition) is 1. The van der Waals surface area contributed by atoms with Crippen molar-refractivity contribution in [3.63, 3.8) is 0 Å². The number of nitrogens with zero attached hydrogens (tertiary/aromatic N) is 5. The first-order valence-corrected chi connectivity index (χ1v) is 9.37. The van der Waals surface area contributed by atoms with E-state index in [1.165, 1.54) is 5.56 Å². The Balaban J connectivity index is 1.76. The van der Waals surface area contributed by atoms with Crippen molar-refractivity contribution in [2.24, 2.45) is 0 Å². The van der Waals surface area contributed by atoms with Crippen molar-refractivity contribution >= 4 is 5.91 Å². The Labute approximate surface area is 165 Å². The molecule has 28 heavy (non-hydrogen) atoms. The minimum atomic E-state index is -0.113. The van der Waals surface area contributed by atoms with Gasteiger partial charge in [0.25, 0.3) is 5.91 Å². The molecule has 3 rings (SSSR count). The number of nitrogens with one attached hydrogen (secondary N) is 1. The molecule has 0 radical (unpaired) electrons. The van der Waals surface area contributed by atoms with E-state index >= 15 is 0 Å². The van der Waals surface area contributed by atoms with Crippen LogP contribution in [0.15, 0.2) is 48.7 Å². The second-order valence-corrected chi connectivity index (χ2v) is 6.95. The second kappa shape index (κ2) is 9.23. The lowest BCUT2D eigenvalue weighted by Gasteiger charge is -2.11. The average Bonchev–Trinajstić information content (AvgIpc) is 3.07. The fraction of sp³-hybridized carbons (Fsp3) is 0.333. The highest BCUT2D eigenvalue weighted by atomic mass is 16.1. The first-order chi connectivity index (χ1) is 13.5. The van der Waals surface area contributed by atoms with E-state index in [0.29, 0.717) is 23.6 Å². The van der Waals surface area contributed by atoms with Gasteiger partial charge >= 0.3 is 0 Å². The third kappa shape index (κ3) is 5.01. The van der Waals surface area contributed by atoms with Gasteiger partial charge in [-0.1, -0.05) is 30.3 Å². The van der Waals surface area contributed by atoms with Crippen LogP contribution in [0.3, 0.4) is 0 Å². The summed E-state index contributed by atoms with van der Waals surface area (Å²) >= 11 is 0. The summed E-state index contributed by atoms with van der Waals surface area (Å²) in [6.07, 6.45) is 2.51. The molecule has 7 nitrogen and oxygen atoms in total. The monoisotopic (exact) mass is 378 g/mol. The van der Waals surface area contributed by atoms with E-state index in [4.69, 9.17) is 0 Å². The van der Waals surface area contributed by atoms with Gasteiger partial charge < -0.3 is 14.8 Å². The van der Waals surface area contributed by atoms with E-state index in [2.05, 4.69) is 32.6 Å². The van der Waals surface area contributed by atoms with E-state index in [1.54, 1.807) is 18.3 Å². The van der Waals surface area contributed by atoms with Gasteiger partial charge in [0.2, 0.25) is 0 Å². The molecular formula is C21H26N6O. The van der Waals surface area contributed by atoms with Crippen molar-refractivity contribution in [3.05, 3.63) is 65.6 Å². The molecule has 0 atom stereocenters. The number of benzene rings is 1. The molecule has 1 N–H and O–H groups in total. The van der Waals surface area contributed by atoms with Crippen LogP contribution in [0.4, 0.5) is 0 Å². The summed E-state index contributed by atoms with van der Waals surface area (Å²) in [4.78, 5) is 18.9. The smallest absolute Gasteiger partial charge is 0.251 e. The van der Waals surface area contributed by atoms with Crippen molar-refractivity contribution in [2.75, 3.05) is 27.2 Å². The van der Waals surface area contributed by atoms with Crippen molar-refractivity contribution in [3.8, 4) is 11.5 Å². The number of aryl methyl sites for hydroxylation is 2. The third-order valence-corrected chi connectivity index (χ3v) is 4.50. The van der Waals surface area contributed by atoms with Crippen LogP contribution in [0.1, 0.15) is 21.7 Å². The highest BCUT2D eigenvalue weighted by Gasteiger charge is 2.14. The molecule has 0 unspecified atom stereocenters. The van der Waals surface area contributed by atoms with Crippen molar-refractivity contribution in [2.45, 2.75) is 19.9 Å². The van der Waals surface area contributed by atoms with Crippen LogP contribution in [-0.4, -0.2) is 57.7 Å². The Morgan fingerprint density at radius 2 is 1.93 bits per heavy atom. The zero-order valence-corrected chi connectivity index (χ0v) is 16.6. The van der Waals surface area contributed by atoms with Gasteiger partial charge in [0.1, 0.15) is 11.5 Å². The van der Waals surface area contributed by atoms with Crippen LogP contribution >= 0.6 is 0 Å². The number of pyridine rings is 1. The second-order valence-electron chi connectivity index (χ2n) is 6.95. The van der Waals surface area contributed by atoms with E-state index < -0.39 is 0 Å². The Morgan fingerprint density at radius 1 is 1.14 bits per heavy atom. The molecule has 0 aliphatic heterocycles. The van der Waals surface area contributed by atoms with Gasteiger partial charge in [-0.2, -0.15) is 0 Å².